The van der Waals surface area contributed by atoms with Crippen LogP contribution in [0.25, 0.3) is 6.08 Å². The minimum absolute atomic E-state index is 0.264. The Hall–Kier alpha value is -1.35. The number of nitrogens with two attached hydrogens (primary N) is 1. The molecular weight excluding hydrogens is 181 g/mol. The van der Waals surface area contributed by atoms with Crippen molar-refractivity contribution in [1.82, 2.24) is 0 Å². The highest BCUT2D eigenvalue weighted by atomic mass is 19.1. The molecule has 0 atom stereocenters. The van der Waals surface area contributed by atoms with Crippen molar-refractivity contribution >= 4 is 6.08 Å². The highest BCUT2D eigenvalue weighted by Crippen LogP contribution is 2.25. The van der Waals surface area contributed by atoms with E-state index in [0.29, 0.717) is 6.54 Å². The van der Waals surface area contributed by atoms with Crippen LogP contribution < -0.4 is 10.5 Å². The summed E-state index contributed by atoms with van der Waals surface area (Å²) in [5.74, 6) is -0.0792. The van der Waals surface area contributed by atoms with Crippen molar-refractivity contribution in [2.45, 2.75) is 6.92 Å². The van der Waals surface area contributed by atoms with Crippen LogP contribution in [0.4, 0.5) is 4.39 Å². The molecule has 0 aliphatic heterocycles. The summed E-state index contributed by atoms with van der Waals surface area (Å²) in [7, 11) is 1.45. The predicted molar refractivity (Wildman–Crippen MR) is 55.8 cm³/mol. The van der Waals surface area contributed by atoms with Crippen LogP contribution in [0.15, 0.2) is 18.2 Å². The van der Waals surface area contributed by atoms with Crippen LogP contribution in [-0.2, 0) is 0 Å². The molecule has 0 spiro atoms. The third-order valence-electron chi connectivity index (χ3n) is 1.85. The van der Waals surface area contributed by atoms with E-state index in [-0.39, 0.29) is 11.6 Å². The van der Waals surface area contributed by atoms with E-state index in [1.54, 1.807) is 12.2 Å². The number of methoxy groups -OCH3 is 1. The summed E-state index contributed by atoms with van der Waals surface area (Å²) in [6, 6.07) is 3.30. The van der Waals surface area contributed by atoms with Crippen molar-refractivity contribution in [1.29, 1.82) is 0 Å². The molecule has 0 aromatic heterocycles. The predicted octanol–water partition coefficient (Wildman–Crippen LogP) is 2.11. The van der Waals surface area contributed by atoms with Crippen LogP contribution >= 0.6 is 0 Å². The van der Waals surface area contributed by atoms with Crippen molar-refractivity contribution < 1.29 is 9.13 Å². The number of hydrogen-bond donors (Lipinski definition) is 1. The topological polar surface area (TPSA) is 35.2 Å². The lowest BCUT2D eigenvalue weighted by molar-refractivity contribution is 0.385. The lowest BCUT2D eigenvalue weighted by atomic mass is 10.1. The Morgan fingerprint density at radius 3 is 2.79 bits per heavy atom. The molecule has 0 aliphatic carbocycles. The van der Waals surface area contributed by atoms with E-state index in [1.807, 2.05) is 13.0 Å². The second-order valence-electron chi connectivity index (χ2n) is 3.01. The zero-order valence-electron chi connectivity index (χ0n) is 8.38. The van der Waals surface area contributed by atoms with E-state index >= 15 is 0 Å². The van der Waals surface area contributed by atoms with Gasteiger partial charge in [0.1, 0.15) is 0 Å². The summed E-state index contributed by atoms with van der Waals surface area (Å²) in [6.45, 7) is 2.26. The number of ether oxygens (including phenoxy) is 1. The first kappa shape index (κ1) is 10.7. The highest BCUT2D eigenvalue weighted by Gasteiger charge is 2.07. The first-order chi connectivity index (χ1) is 6.69. The van der Waals surface area contributed by atoms with Gasteiger partial charge in [0, 0.05) is 12.1 Å². The molecule has 1 rings (SSSR count). The van der Waals surface area contributed by atoms with Gasteiger partial charge >= 0.3 is 0 Å². The van der Waals surface area contributed by atoms with Gasteiger partial charge in [-0.05, 0) is 24.6 Å². The molecule has 0 amide bonds. The maximum absolute atomic E-state index is 13.3. The Morgan fingerprint density at radius 2 is 2.21 bits per heavy atom. The van der Waals surface area contributed by atoms with Gasteiger partial charge in [-0.1, -0.05) is 12.2 Å². The summed E-state index contributed by atoms with van der Waals surface area (Å²) >= 11 is 0. The smallest absolute Gasteiger partial charge is 0.165 e. The van der Waals surface area contributed by atoms with Crippen LogP contribution in [0.3, 0.4) is 0 Å². The summed E-state index contributed by atoms with van der Waals surface area (Å²) in [6.07, 6.45) is 3.52. The minimum atomic E-state index is -0.343. The Kier molecular flexibility index (Phi) is 3.65. The van der Waals surface area contributed by atoms with E-state index in [1.165, 1.54) is 13.2 Å². The average Bonchev–Trinajstić information content (AvgIpc) is 2.14. The summed E-state index contributed by atoms with van der Waals surface area (Å²) < 4.78 is 18.3. The number of benzene rings is 1. The van der Waals surface area contributed by atoms with E-state index in [2.05, 4.69) is 0 Å². The number of halogens is 1. The molecule has 0 aliphatic rings. The SMILES string of the molecule is COc1c(F)cc(C)cc1/C=C/CN. The number of aryl methyl sites for hydroxylation is 1. The Morgan fingerprint density at radius 1 is 1.50 bits per heavy atom. The van der Waals surface area contributed by atoms with Gasteiger partial charge in [0.05, 0.1) is 7.11 Å². The Balaban J connectivity index is 3.18. The Labute approximate surface area is 83.2 Å². The lowest BCUT2D eigenvalue weighted by Crippen LogP contribution is -1.95. The maximum Gasteiger partial charge on any atom is 0.165 e. The first-order valence-electron chi connectivity index (χ1n) is 4.39. The normalized spacial score (nSPS) is 10.9. The fourth-order valence-corrected chi connectivity index (χ4v) is 1.29. The fourth-order valence-electron chi connectivity index (χ4n) is 1.29. The van der Waals surface area contributed by atoms with Crippen molar-refractivity contribution in [2.24, 2.45) is 5.73 Å². The molecule has 0 saturated carbocycles. The van der Waals surface area contributed by atoms with Gasteiger partial charge in [-0.15, -0.1) is 0 Å². The molecule has 14 heavy (non-hydrogen) atoms. The third-order valence-corrected chi connectivity index (χ3v) is 1.85. The molecule has 0 fully saturated rings. The van der Waals surface area contributed by atoms with E-state index in [4.69, 9.17) is 10.5 Å². The van der Waals surface area contributed by atoms with Gasteiger partial charge in [-0.3, -0.25) is 0 Å². The van der Waals surface area contributed by atoms with Gasteiger partial charge in [0.15, 0.2) is 11.6 Å². The molecule has 1 aromatic rings. The molecular formula is C11H14FNO. The molecule has 76 valence electrons. The van der Waals surface area contributed by atoms with Gasteiger partial charge in [-0.2, -0.15) is 0 Å². The number of hydrogen-bond acceptors (Lipinski definition) is 2. The quantitative estimate of drug-likeness (QED) is 0.801. The van der Waals surface area contributed by atoms with E-state index < -0.39 is 0 Å². The van der Waals surface area contributed by atoms with Crippen molar-refractivity contribution in [3.63, 3.8) is 0 Å². The van der Waals surface area contributed by atoms with Gasteiger partial charge in [0.2, 0.25) is 0 Å². The van der Waals surface area contributed by atoms with E-state index in [9.17, 15) is 4.39 Å². The summed E-state index contributed by atoms with van der Waals surface area (Å²) in [4.78, 5) is 0. The molecule has 0 heterocycles. The molecule has 3 heteroatoms. The van der Waals surface area contributed by atoms with Crippen LogP contribution in [0.1, 0.15) is 11.1 Å². The lowest BCUT2D eigenvalue weighted by Gasteiger charge is -2.07. The third kappa shape index (κ3) is 2.33. The molecule has 0 saturated heterocycles. The van der Waals surface area contributed by atoms with Crippen LogP contribution in [0.2, 0.25) is 0 Å². The zero-order valence-corrected chi connectivity index (χ0v) is 8.38. The van der Waals surface area contributed by atoms with Gasteiger partial charge in [-0.25, -0.2) is 4.39 Å². The van der Waals surface area contributed by atoms with Gasteiger partial charge in [0.25, 0.3) is 0 Å². The standard InChI is InChI=1S/C11H14FNO/c1-8-6-9(4-3-5-13)11(14-2)10(12)7-8/h3-4,6-7H,5,13H2,1-2H3/b4-3+. The summed E-state index contributed by atoms with van der Waals surface area (Å²) in [5.41, 5.74) is 6.90. The molecule has 2 N–H and O–H groups in total. The highest BCUT2D eigenvalue weighted by molar-refractivity contribution is 5.59. The van der Waals surface area contributed by atoms with E-state index in [0.717, 1.165) is 11.1 Å². The maximum atomic E-state index is 13.3. The minimum Gasteiger partial charge on any atom is -0.493 e. The number of rotatable bonds is 3. The van der Waals surface area contributed by atoms with Crippen molar-refractivity contribution in [2.75, 3.05) is 13.7 Å². The van der Waals surface area contributed by atoms with Crippen molar-refractivity contribution in [3.8, 4) is 5.75 Å². The molecule has 0 bridgehead atoms. The second-order valence-corrected chi connectivity index (χ2v) is 3.01. The first-order valence-corrected chi connectivity index (χ1v) is 4.39. The molecule has 0 unspecified atom stereocenters. The molecule has 1 aromatic carbocycles. The van der Waals surface area contributed by atoms with Gasteiger partial charge < -0.3 is 10.5 Å². The largest absolute Gasteiger partial charge is 0.493 e. The van der Waals surface area contributed by atoms with Crippen LogP contribution in [0, 0.1) is 12.7 Å². The molecule has 2 nitrogen and oxygen atoms in total. The van der Waals surface area contributed by atoms with Crippen LogP contribution in [-0.4, -0.2) is 13.7 Å². The molecule has 0 radical (unpaired) electrons. The fraction of sp³-hybridized carbons (Fsp3) is 0.273. The zero-order chi connectivity index (χ0) is 10.6. The second kappa shape index (κ2) is 4.77. The monoisotopic (exact) mass is 195 g/mol. The van der Waals surface area contributed by atoms with Crippen LogP contribution in [0.5, 0.6) is 5.75 Å². The van der Waals surface area contributed by atoms with Crippen molar-refractivity contribution in [3.05, 3.63) is 35.2 Å². The summed E-state index contributed by atoms with van der Waals surface area (Å²) in [5, 5.41) is 0. The average molecular weight is 195 g/mol. The Bertz CT molecular complexity index is 347.